The average molecular weight is 264 g/mol. The summed E-state index contributed by atoms with van der Waals surface area (Å²) in [5.41, 5.74) is 8.09. The molecule has 0 aromatic heterocycles. The number of nitrogen functional groups attached to an aromatic ring is 1. The predicted molar refractivity (Wildman–Crippen MR) is 78.0 cm³/mol. The van der Waals surface area contributed by atoms with Gasteiger partial charge in [0.25, 0.3) is 5.91 Å². The van der Waals surface area contributed by atoms with Gasteiger partial charge in [-0.05, 0) is 61.0 Å². The van der Waals surface area contributed by atoms with E-state index in [0.717, 1.165) is 12.1 Å². The molecule has 2 rings (SSSR count). The average Bonchev–Trinajstić information content (AvgIpc) is 2.36. The van der Waals surface area contributed by atoms with Crippen LogP contribution in [-0.2, 0) is 0 Å². The first-order chi connectivity index (χ1) is 8.65. The van der Waals surface area contributed by atoms with E-state index < -0.39 is 0 Å². The number of aryl methyl sites for hydroxylation is 1. The maximum atomic E-state index is 12.0. The van der Waals surface area contributed by atoms with Crippen LogP contribution in [0.25, 0.3) is 0 Å². The van der Waals surface area contributed by atoms with E-state index in [1.165, 1.54) is 24.3 Å². The highest BCUT2D eigenvalue weighted by Crippen LogP contribution is 2.22. The molecule has 4 heteroatoms. The second-order valence-electron chi connectivity index (χ2n) is 4.90. The Kier molecular flexibility index (Phi) is 4.53. The van der Waals surface area contributed by atoms with Gasteiger partial charge in [0.05, 0.1) is 0 Å². The van der Waals surface area contributed by atoms with Crippen LogP contribution in [0.2, 0.25) is 0 Å². The molecule has 0 saturated carbocycles. The molecule has 0 unspecified atom stereocenters. The monoisotopic (exact) mass is 264 g/mol. The Morgan fingerprint density at radius 1 is 1.39 bits per heavy atom. The number of nitrogens with two attached hydrogens (primary N) is 1. The molecule has 1 aliphatic rings. The summed E-state index contributed by atoms with van der Waals surface area (Å²) in [5, 5.41) is 3.02. The minimum Gasteiger partial charge on any atom is -0.399 e. The second-order valence-corrected chi connectivity index (χ2v) is 6.12. The smallest absolute Gasteiger partial charge is 0.251 e. The van der Waals surface area contributed by atoms with E-state index in [2.05, 4.69) is 5.32 Å². The van der Waals surface area contributed by atoms with Gasteiger partial charge in [0.15, 0.2) is 0 Å². The molecule has 1 fully saturated rings. The van der Waals surface area contributed by atoms with Gasteiger partial charge < -0.3 is 11.1 Å². The van der Waals surface area contributed by atoms with Gasteiger partial charge in [-0.3, -0.25) is 4.79 Å². The molecular weight excluding hydrogens is 244 g/mol. The first-order valence-electron chi connectivity index (χ1n) is 6.38. The molecule has 0 atom stereocenters. The highest BCUT2D eigenvalue weighted by atomic mass is 32.2. The van der Waals surface area contributed by atoms with Gasteiger partial charge in [-0.2, -0.15) is 11.8 Å². The van der Waals surface area contributed by atoms with E-state index in [1.807, 2.05) is 30.8 Å². The summed E-state index contributed by atoms with van der Waals surface area (Å²) in [6.07, 6.45) is 2.42. The largest absolute Gasteiger partial charge is 0.399 e. The number of amides is 1. The molecule has 1 saturated heterocycles. The lowest BCUT2D eigenvalue weighted by atomic mass is 10.0. The van der Waals surface area contributed by atoms with Gasteiger partial charge in [-0.25, -0.2) is 0 Å². The lowest BCUT2D eigenvalue weighted by Gasteiger charge is -2.21. The van der Waals surface area contributed by atoms with Crippen molar-refractivity contribution in [3.8, 4) is 0 Å². The minimum atomic E-state index is -0.0105. The molecule has 98 valence electrons. The van der Waals surface area contributed by atoms with Crippen molar-refractivity contribution >= 4 is 23.4 Å². The number of hydrogen-bond donors (Lipinski definition) is 2. The number of benzene rings is 1. The molecule has 1 aromatic carbocycles. The third kappa shape index (κ3) is 3.67. The fourth-order valence-electron chi connectivity index (χ4n) is 2.23. The highest BCUT2D eigenvalue weighted by Gasteiger charge is 2.15. The Morgan fingerprint density at radius 3 is 2.78 bits per heavy atom. The first-order valence-corrected chi connectivity index (χ1v) is 7.54. The van der Waals surface area contributed by atoms with Crippen LogP contribution in [0.5, 0.6) is 0 Å². The van der Waals surface area contributed by atoms with E-state index in [0.29, 0.717) is 17.2 Å². The van der Waals surface area contributed by atoms with Gasteiger partial charge in [0, 0.05) is 17.8 Å². The number of rotatable bonds is 3. The molecule has 3 N–H and O–H groups in total. The third-order valence-corrected chi connectivity index (χ3v) is 4.30. The molecule has 0 aliphatic carbocycles. The second kappa shape index (κ2) is 6.14. The molecule has 1 aliphatic heterocycles. The summed E-state index contributed by atoms with van der Waals surface area (Å²) in [7, 11) is 0. The number of carbonyl (C=O) groups is 1. The van der Waals surface area contributed by atoms with E-state index in [-0.39, 0.29) is 5.91 Å². The van der Waals surface area contributed by atoms with Crippen molar-refractivity contribution in [3.63, 3.8) is 0 Å². The van der Waals surface area contributed by atoms with Crippen molar-refractivity contribution in [1.29, 1.82) is 0 Å². The molecule has 1 aromatic rings. The molecule has 3 nitrogen and oxygen atoms in total. The summed E-state index contributed by atoms with van der Waals surface area (Å²) in [5.74, 6) is 3.07. The van der Waals surface area contributed by atoms with Crippen molar-refractivity contribution in [3.05, 3.63) is 29.3 Å². The summed E-state index contributed by atoms with van der Waals surface area (Å²) < 4.78 is 0. The first kappa shape index (κ1) is 13.3. The van der Waals surface area contributed by atoms with E-state index in [9.17, 15) is 4.79 Å². The van der Waals surface area contributed by atoms with Crippen LogP contribution in [0.4, 0.5) is 5.69 Å². The predicted octanol–water partition coefficient (Wildman–Crippen LogP) is 2.45. The van der Waals surface area contributed by atoms with E-state index >= 15 is 0 Å². The Balaban J connectivity index is 1.90. The Hall–Kier alpha value is -1.16. The molecule has 18 heavy (non-hydrogen) atoms. The zero-order valence-corrected chi connectivity index (χ0v) is 11.6. The highest BCUT2D eigenvalue weighted by molar-refractivity contribution is 7.99. The lowest BCUT2D eigenvalue weighted by Crippen LogP contribution is -2.31. The van der Waals surface area contributed by atoms with Crippen LogP contribution in [0.15, 0.2) is 18.2 Å². The Bertz CT molecular complexity index is 408. The number of carbonyl (C=O) groups excluding carboxylic acids is 1. The van der Waals surface area contributed by atoms with Crippen molar-refractivity contribution in [2.24, 2.45) is 5.92 Å². The molecule has 1 heterocycles. The van der Waals surface area contributed by atoms with Crippen molar-refractivity contribution < 1.29 is 4.79 Å². The topological polar surface area (TPSA) is 55.1 Å². The number of nitrogens with one attached hydrogen (secondary N) is 1. The number of hydrogen-bond acceptors (Lipinski definition) is 3. The molecule has 0 radical (unpaired) electrons. The molecule has 0 spiro atoms. The lowest BCUT2D eigenvalue weighted by molar-refractivity contribution is 0.0946. The Labute approximate surface area is 113 Å². The van der Waals surface area contributed by atoms with Crippen molar-refractivity contribution in [2.75, 3.05) is 23.8 Å². The minimum absolute atomic E-state index is 0.0105. The van der Waals surface area contributed by atoms with Gasteiger partial charge in [-0.15, -0.1) is 0 Å². The van der Waals surface area contributed by atoms with Crippen LogP contribution in [0.1, 0.15) is 28.8 Å². The fraction of sp³-hybridized carbons (Fsp3) is 0.500. The van der Waals surface area contributed by atoms with E-state index in [1.54, 1.807) is 6.07 Å². The van der Waals surface area contributed by atoms with Gasteiger partial charge >= 0.3 is 0 Å². The fourth-order valence-corrected chi connectivity index (χ4v) is 3.44. The van der Waals surface area contributed by atoms with Crippen LogP contribution in [-0.4, -0.2) is 24.0 Å². The van der Waals surface area contributed by atoms with Gasteiger partial charge in [0.2, 0.25) is 0 Å². The number of thioether (sulfide) groups is 1. The summed E-state index contributed by atoms with van der Waals surface area (Å²) in [6, 6.07) is 5.48. The maximum Gasteiger partial charge on any atom is 0.251 e. The van der Waals surface area contributed by atoms with Crippen molar-refractivity contribution in [1.82, 2.24) is 5.32 Å². The zero-order valence-electron chi connectivity index (χ0n) is 10.7. The van der Waals surface area contributed by atoms with Crippen LogP contribution in [0.3, 0.4) is 0 Å². The standard InChI is InChI=1S/C14H20N2OS/c1-10-6-12(8-13(15)7-10)14(17)16-9-11-2-4-18-5-3-11/h6-8,11H,2-5,9,15H2,1H3,(H,16,17). The summed E-state index contributed by atoms with van der Waals surface area (Å²) in [6.45, 7) is 2.73. The van der Waals surface area contributed by atoms with Crippen LogP contribution >= 0.6 is 11.8 Å². The maximum absolute atomic E-state index is 12.0. The summed E-state index contributed by atoms with van der Waals surface area (Å²) >= 11 is 2.00. The van der Waals surface area contributed by atoms with Gasteiger partial charge in [0.1, 0.15) is 0 Å². The van der Waals surface area contributed by atoms with E-state index in [4.69, 9.17) is 5.73 Å². The quantitative estimate of drug-likeness (QED) is 0.825. The van der Waals surface area contributed by atoms with Gasteiger partial charge in [-0.1, -0.05) is 0 Å². The molecular formula is C14H20N2OS. The number of anilines is 1. The van der Waals surface area contributed by atoms with Crippen LogP contribution < -0.4 is 11.1 Å². The SMILES string of the molecule is Cc1cc(N)cc(C(=O)NCC2CCSCC2)c1. The van der Waals surface area contributed by atoms with Crippen LogP contribution in [0, 0.1) is 12.8 Å². The molecule has 1 amide bonds. The normalized spacial score (nSPS) is 16.5. The summed E-state index contributed by atoms with van der Waals surface area (Å²) in [4.78, 5) is 12.0. The zero-order chi connectivity index (χ0) is 13.0. The third-order valence-electron chi connectivity index (χ3n) is 3.25. The Morgan fingerprint density at radius 2 is 2.11 bits per heavy atom. The molecule has 0 bridgehead atoms. The van der Waals surface area contributed by atoms with Crippen molar-refractivity contribution in [2.45, 2.75) is 19.8 Å².